The second-order valence-corrected chi connectivity index (χ2v) is 7.67. The van der Waals surface area contributed by atoms with E-state index >= 15 is 0 Å². The molecular formula is C15H20O4. The van der Waals surface area contributed by atoms with Gasteiger partial charge in [0.25, 0.3) is 0 Å². The van der Waals surface area contributed by atoms with Gasteiger partial charge in [-0.1, -0.05) is 20.8 Å². The van der Waals surface area contributed by atoms with Crippen molar-refractivity contribution in [1.29, 1.82) is 0 Å². The van der Waals surface area contributed by atoms with Crippen molar-refractivity contribution in [2.75, 3.05) is 6.61 Å². The molecule has 0 unspecified atom stereocenters. The Hall–Kier alpha value is -0.610. The van der Waals surface area contributed by atoms with Gasteiger partial charge in [0.15, 0.2) is 0 Å². The largest absolute Gasteiger partial charge is 0.462 e. The van der Waals surface area contributed by atoms with E-state index in [1.165, 1.54) is 0 Å². The third-order valence-electron chi connectivity index (χ3n) is 6.66. The number of fused-ring (bicyclic) bond motifs is 8. The molecule has 3 heterocycles. The van der Waals surface area contributed by atoms with Crippen molar-refractivity contribution in [3.63, 3.8) is 0 Å². The highest BCUT2D eigenvalue weighted by Crippen LogP contribution is 2.74. The Balaban J connectivity index is 1.63. The average molecular weight is 264 g/mol. The fraction of sp³-hybridized carbons (Fsp3) is 0.933. The molecule has 2 bridgehead atoms. The lowest BCUT2D eigenvalue weighted by Gasteiger charge is -2.46. The third kappa shape index (κ3) is 0.993. The van der Waals surface area contributed by atoms with Crippen LogP contribution in [-0.4, -0.2) is 36.5 Å². The van der Waals surface area contributed by atoms with Gasteiger partial charge in [-0.05, 0) is 12.3 Å². The topological polar surface area (TPSA) is 51.4 Å². The van der Waals surface area contributed by atoms with Gasteiger partial charge in [-0.3, -0.25) is 4.79 Å². The van der Waals surface area contributed by atoms with Crippen LogP contribution in [0.3, 0.4) is 0 Å². The highest BCUT2D eigenvalue weighted by Gasteiger charge is 2.86. The minimum absolute atomic E-state index is 0.0179. The number of rotatable bonds is 1. The van der Waals surface area contributed by atoms with Gasteiger partial charge in [-0.15, -0.1) is 0 Å². The van der Waals surface area contributed by atoms with Gasteiger partial charge in [0.1, 0.15) is 17.8 Å². The zero-order chi connectivity index (χ0) is 13.2. The molecular weight excluding hydrogens is 244 g/mol. The summed E-state index contributed by atoms with van der Waals surface area (Å²) in [7, 11) is 0. The summed E-state index contributed by atoms with van der Waals surface area (Å²) >= 11 is 0. The first kappa shape index (κ1) is 11.1. The monoisotopic (exact) mass is 264 g/mol. The van der Waals surface area contributed by atoms with Crippen molar-refractivity contribution in [2.45, 2.75) is 51.1 Å². The summed E-state index contributed by atoms with van der Waals surface area (Å²) < 4.78 is 17.4. The van der Waals surface area contributed by atoms with E-state index in [0.29, 0.717) is 17.8 Å². The van der Waals surface area contributed by atoms with Crippen molar-refractivity contribution in [3.8, 4) is 0 Å². The van der Waals surface area contributed by atoms with Crippen LogP contribution in [0, 0.1) is 29.1 Å². The normalized spacial score (nSPS) is 64.1. The van der Waals surface area contributed by atoms with Gasteiger partial charge in [0, 0.05) is 17.3 Å². The summed E-state index contributed by atoms with van der Waals surface area (Å²) in [5.41, 5.74) is -0.0117. The zero-order valence-electron chi connectivity index (χ0n) is 11.6. The SMILES string of the molecule is CC(C)[C@@H]1[C@@H]2C(=O)O[C@H]1C[C@]1(C)[C@H]2[C@H]2O[C@H]2[C@@]12CO2. The van der Waals surface area contributed by atoms with Crippen LogP contribution in [0.1, 0.15) is 27.2 Å². The number of carbonyl (C=O) groups is 1. The van der Waals surface area contributed by atoms with E-state index in [-0.39, 0.29) is 41.2 Å². The first-order chi connectivity index (χ1) is 8.99. The van der Waals surface area contributed by atoms with Gasteiger partial charge in [0.2, 0.25) is 0 Å². The Kier molecular flexibility index (Phi) is 1.67. The lowest BCUT2D eigenvalue weighted by Crippen LogP contribution is -2.52. The van der Waals surface area contributed by atoms with Crippen molar-refractivity contribution in [1.82, 2.24) is 0 Å². The van der Waals surface area contributed by atoms with E-state index in [1.54, 1.807) is 0 Å². The van der Waals surface area contributed by atoms with Crippen molar-refractivity contribution < 1.29 is 19.0 Å². The Morgan fingerprint density at radius 2 is 2.11 bits per heavy atom. The molecule has 2 aliphatic carbocycles. The van der Waals surface area contributed by atoms with Crippen molar-refractivity contribution in [2.24, 2.45) is 29.1 Å². The van der Waals surface area contributed by atoms with Crippen molar-refractivity contribution >= 4 is 5.97 Å². The van der Waals surface area contributed by atoms with Gasteiger partial charge < -0.3 is 14.2 Å². The minimum Gasteiger partial charge on any atom is -0.462 e. The molecule has 1 spiro atoms. The molecule has 0 N–H and O–H groups in total. The van der Waals surface area contributed by atoms with Crippen LogP contribution < -0.4 is 0 Å². The maximum absolute atomic E-state index is 12.3. The van der Waals surface area contributed by atoms with Crippen LogP contribution in [0.2, 0.25) is 0 Å². The van der Waals surface area contributed by atoms with Gasteiger partial charge in [-0.25, -0.2) is 0 Å². The predicted molar refractivity (Wildman–Crippen MR) is 65.3 cm³/mol. The van der Waals surface area contributed by atoms with Crippen LogP contribution >= 0.6 is 0 Å². The molecule has 0 aromatic heterocycles. The number of esters is 1. The van der Waals surface area contributed by atoms with Gasteiger partial charge >= 0.3 is 5.97 Å². The van der Waals surface area contributed by atoms with E-state index < -0.39 is 0 Å². The number of hydrogen-bond acceptors (Lipinski definition) is 4. The Morgan fingerprint density at radius 3 is 2.74 bits per heavy atom. The summed E-state index contributed by atoms with van der Waals surface area (Å²) in [6, 6.07) is 0. The van der Waals surface area contributed by atoms with E-state index in [9.17, 15) is 4.79 Å². The fourth-order valence-corrected chi connectivity index (χ4v) is 5.74. The molecule has 5 fully saturated rings. The quantitative estimate of drug-likeness (QED) is 0.530. The number of carbonyl (C=O) groups excluding carboxylic acids is 1. The summed E-state index contributed by atoms with van der Waals surface area (Å²) in [6.45, 7) is 7.53. The minimum atomic E-state index is -0.0885. The predicted octanol–water partition coefficient (Wildman–Crippen LogP) is 1.38. The van der Waals surface area contributed by atoms with Crippen LogP contribution in [-0.2, 0) is 19.0 Å². The molecule has 4 nitrogen and oxygen atoms in total. The third-order valence-corrected chi connectivity index (χ3v) is 6.66. The molecule has 8 atom stereocenters. The second kappa shape index (κ2) is 2.86. The second-order valence-electron chi connectivity index (χ2n) is 7.67. The number of ether oxygens (including phenoxy) is 3. The zero-order valence-corrected chi connectivity index (χ0v) is 11.6. The summed E-state index contributed by atoms with van der Waals surface area (Å²) in [5.74, 6) is 1.20. The highest BCUT2D eigenvalue weighted by molar-refractivity contribution is 5.77. The molecule has 5 rings (SSSR count). The van der Waals surface area contributed by atoms with Crippen molar-refractivity contribution in [3.05, 3.63) is 0 Å². The number of hydrogen-bond donors (Lipinski definition) is 0. The smallest absolute Gasteiger partial charge is 0.310 e. The molecule has 3 saturated heterocycles. The summed E-state index contributed by atoms with van der Waals surface area (Å²) in [5, 5.41) is 0. The molecule has 0 aromatic rings. The summed E-state index contributed by atoms with van der Waals surface area (Å²) in [4.78, 5) is 12.3. The van der Waals surface area contributed by atoms with Crippen LogP contribution in [0.5, 0.6) is 0 Å². The maximum Gasteiger partial charge on any atom is 0.310 e. The molecule has 0 aromatic carbocycles. The Morgan fingerprint density at radius 1 is 1.37 bits per heavy atom. The summed E-state index contributed by atoms with van der Waals surface area (Å²) in [6.07, 6.45) is 1.55. The molecule has 0 radical (unpaired) electrons. The van der Waals surface area contributed by atoms with E-state index in [0.717, 1.165) is 13.0 Å². The van der Waals surface area contributed by atoms with Crippen LogP contribution in [0.25, 0.3) is 0 Å². The van der Waals surface area contributed by atoms with E-state index in [2.05, 4.69) is 20.8 Å². The van der Waals surface area contributed by atoms with Crippen LogP contribution in [0.15, 0.2) is 0 Å². The Labute approximate surface area is 112 Å². The average Bonchev–Trinajstić information content (AvgIpc) is 3.17. The maximum atomic E-state index is 12.3. The first-order valence-corrected chi connectivity index (χ1v) is 7.49. The molecule has 2 saturated carbocycles. The molecule has 0 amide bonds. The van der Waals surface area contributed by atoms with Gasteiger partial charge in [0.05, 0.1) is 18.6 Å². The first-order valence-electron chi connectivity index (χ1n) is 7.49. The van der Waals surface area contributed by atoms with Crippen LogP contribution in [0.4, 0.5) is 0 Å². The van der Waals surface area contributed by atoms with Gasteiger partial charge in [-0.2, -0.15) is 0 Å². The Bertz CT molecular complexity index is 483. The molecule has 104 valence electrons. The lowest BCUT2D eigenvalue weighted by atomic mass is 9.55. The van der Waals surface area contributed by atoms with E-state index in [1.807, 2.05) is 0 Å². The lowest BCUT2D eigenvalue weighted by molar-refractivity contribution is -0.144. The molecule has 5 aliphatic rings. The number of epoxide rings is 2. The standard InChI is InChI=1S/C15H20O4/c1-6(2)8-7-4-14(3)10(9(8)13(16)18-7)11-12(19-11)15(14)5-17-15/h6-12H,4-5H2,1-3H3/t7-,8-,9-,10+,11+,12+,14+,15-/m0/s1. The molecule has 4 heteroatoms. The fourth-order valence-electron chi connectivity index (χ4n) is 5.74. The van der Waals surface area contributed by atoms with E-state index in [4.69, 9.17) is 14.2 Å². The molecule has 3 aliphatic heterocycles. The highest BCUT2D eigenvalue weighted by atomic mass is 16.7. The molecule has 19 heavy (non-hydrogen) atoms.